The van der Waals surface area contributed by atoms with Gasteiger partial charge in [0.2, 0.25) is 0 Å². The third-order valence-corrected chi connectivity index (χ3v) is 4.16. The number of aryl methyl sites for hydroxylation is 1. The molecule has 24 heavy (non-hydrogen) atoms. The molecule has 0 amide bonds. The Bertz CT molecular complexity index is 867. The first kappa shape index (κ1) is 16.4. The fraction of sp³-hybridized carbons (Fsp3) is 0.222. The molecule has 0 radical (unpaired) electrons. The van der Waals surface area contributed by atoms with E-state index in [0.29, 0.717) is 6.54 Å². The summed E-state index contributed by atoms with van der Waals surface area (Å²) in [6.45, 7) is 2.77. The Morgan fingerprint density at radius 3 is 2.58 bits per heavy atom. The van der Waals surface area contributed by atoms with Gasteiger partial charge in [-0.1, -0.05) is 31.0 Å². The van der Waals surface area contributed by atoms with Crippen LogP contribution in [0.25, 0.3) is 16.8 Å². The van der Waals surface area contributed by atoms with Gasteiger partial charge >= 0.3 is 0 Å². The van der Waals surface area contributed by atoms with E-state index in [1.807, 2.05) is 37.0 Å². The Balaban J connectivity index is 1.87. The summed E-state index contributed by atoms with van der Waals surface area (Å²) in [6.07, 6.45) is 8.59. The van der Waals surface area contributed by atoms with E-state index in [4.69, 9.17) is 0 Å². The maximum absolute atomic E-state index is 11.8. The molecule has 5 nitrogen and oxygen atoms in total. The van der Waals surface area contributed by atoms with Crippen LogP contribution in [0.4, 0.5) is 5.69 Å². The lowest BCUT2D eigenvalue weighted by molar-refractivity contribution is 0.648. The lowest BCUT2D eigenvalue weighted by atomic mass is 10.1. The minimum Gasteiger partial charge on any atom is -0.330 e. The van der Waals surface area contributed by atoms with E-state index in [1.165, 1.54) is 0 Å². The SMILES string of the molecule is CCCn1cc(-n2cc(-c3ccc(NSC)cc3)cn2)ccc1=O. The van der Waals surface area contributed by atoms with Gasteiger partial charge in [-0.15, -0.1) is 0 Å². The summed E-state index contributed by atoms with van der Waals surface area (Å²) in [4.78, 5) is 11.8. The molecule has 6 heteroatoms. The monoisotopic (exact) mass is 340 g/mol. The molecular formula is C18H20N4OS. The highest BCUT2D eigenvalue weighted by Gasteiger charge is 2.05. The Labute approximate surface area is 145 Å². The first-order valence-corrected chi connectivity index (χ1v) is 9.08. The van der Waals surface area contributed by atoms with Crippen LogP contribution in [-0.2, 0) is 6.54 Å². The van der Waals surface area contributed by atoms with Crippen LogP contribution in [0.3, 0.4) is 0 Å². The number of hydrogen-bond donors (Lipinski definition) is 1. The van der Waals surface area contributed by atoms with Crippen molar-refractivity contribution in [3.05, 3.63) is 65.3 Å². The lowest BCUT2D eigenvalue weighted by Gasteiger charge is -2.07. The van der Waals surface area contributed by atoms with Gasteiger partial charge in [-0.3, -0.25) is 4.79 Å². The summed E-state index contributed by atoms with van der Waals surface area (Å²) >= 11 is 1.57. The van der Waals surface area contributed by atoms with E-state index in [-0.39, 0.29) is 5.56 Å². The van der Waals surface area contributed by atoms with Crippen molar-refractivity contribution in [3.63, 3.8) is 0 Å². The highest BCUT2D eigenvalue weighted by molar-refractivity contribution is 7.99. The lowest BCUT2D eigenvalue weighted by Crippen LogP contribution is -2.19. The second-order valence-corrected chi connectivity index (χ2v) is 6.09. The van der Waals surface area contributed by atoms with Crippen LogP contribution in [0.1, 0.15) is 13.3 Å². The Kier molecular flexibility index (Phi) is 5.05. The number of aromatic nitrogens is 3. The molecule has 0 atom stereocenters. The average Bonchev–Trinajstić information content (AvgIpc) is 3.08. The summed E-state index contributed by atoms with van der Waals surface area (Å²) in [7, 11) is 0. The molecule has 0 aliphatic carbocycles. The number of hydrogen-bond acceptors (Lipinski definition) is 4. The molecule has 3 rings (SSSR count). The quantitative estimate of drug-likeness (QED) is 0.694. The van der Waals surface area contributed by atoms with Crippen molar-refractivity contribution < 1.29 is 0 Å². The van der Waals surface area contributed by atoms with Gasteiger partial charge in [-0.2, -0.15) is 5.10 Å². The van der Waals surface area contributed by atoms with Gasteiger partial charge in [0.15, 0.2) is 0 Å². The molecule has 2 aromatic heterocycles. The number of nitrogens with zero attached hydrogens (tertiary/aromatic N) is 3. The third-order valence-electron chi connectivity index (χ3n) is 3.72. The van der Waals surface area contributed by atoms with Crippen LogP contribution in [-0.4, -0.2) is 20.6 Å². The van der Waals surface area contributed by atoms with Crippen molar-refractivity contribution in [2.24, 2.45) is 0 Å². The molecule has 0 aliphatic rings. The third kappa shape index (κ3) is 3.54. The van der Waals surface area contributed by atoms with E-state index in [2.05, 4.69) is 28.9 Å². The molecule has 3 aromatic rings. The van der Waals surface area contributed by atoms with Gasteiger partial charge in [0, 0.05) is 42.5 Å². The molecule has 124 valence electrons. The Morgan fingerprint density at radius 2 is 1.88 bits per heavy atom. The van der Waals surface area contributed by atoms with Gasteiger partial charge in [0.1, 0.15) is 0 Å². The summed E-state index contributed by atoms with van der Waals surface area (Å²) in [5.74, 6) is 0. The minimum atomic E-state index is 0.0184. The highest BCUT2D eigenvalue weighted by atomic mass is 32.2. The number of anilines is 1. The zero-order chi connectivity index (χ0) is 16.9. The van der Waals surface area contributed by atoms with Crippen LogP contribution in [0.5, 0.6) is 0 Å². The van der Waals surface area contributed by atoms with Crippen molar-refractivity contribution in [2.45, 2.75) is 19.9 Å². The second kappa shape index (κ2) is 7.40. The van der Waals surface area contributed by atoms with E-state index in [0.717, 1.165) is 28.9 Å². The fourth-order valence-electron chi connectivity index (χ4n) is 2.53. The Hall–Kier alpha value is -2.47. The number of benzene rings is 1. The zero-order valence-electron chi connectivity index (χ0n) is 13.8. The van der Waals surface area contributed by atoms with Gasteiger partial charge < -0.3 is 9.29 Å². The number of nitrogens with one attached hydrogen (secondary N) is 1. The van der Waals surface area contributed by atoms with Crippen LogP contribution in [0.2, 0.25) is 0 Å². The van der Waals surface area contributed by atoms with Gasteiger partial charge in [-0.25, -0.2) is 4.68 Å². The molecule has 0 saturated heterocycles. The molecule has 0 fully saturated rings. The van der Waals surface area contributed by atoms with Crippen molar-refractivity contribution >= 4 is 17.6 Å². The molecule has 0 spiro atoms. The summed E-state index contributed by atoms with van der Waals surface area (Å²) in [6, 6.07) is 11.6. The minimum absolute atomic E-state index is 0.0184. The van der Waals surface area contributed by atoms with Crippen molar-refractivity contribution in [1.29, 1.82) is 0 Å². The number of rotatable bonds is 6. The zero-order valence-corrected chi connectivity index (χ0v) is 14.6. The predicted octanol–water partition coefficient (Wildman–Crippen LogP) is 3.80. The number of pyridine rings is 1. The highest BCUT2D eigenvalue weighted by Crippen LogP contribution is 2.22. The van der Waals surface area contributed by atoms with Crippen LogP contribution >= 0.6 is 11.9 Å². The molecular weight excluding hydrogens is 320 g/mol. The van der Waals surface area contributed by atoms with E-state index in [1.54, 1.807) is 33.3 Å². The van der Waals surface area contributed by atoms with Crippen molar-refractivity contribution in [2.75, 3.05) is 11.0 Å². The van der Waals surface area contributed by atoms with E-state index >= 15 is 0 Å². The maximum atomic E-state index is 11.8. The first-order valence-electron chi connectivity index (χ1n) is 7.86. The fourth-order valence-corrected chi connectivity index (χ4v) is 2.90. The van der Waals surface area contributed by atoms with Crippen LogP contribution in [0, 0.1) is 0 Å². The predicted molar refractivity (Wildman–Crippen MR) is 101 cm³/mol. The maximum Gasteiger partial charge on any atom is 0.250 e. The molecule has 1 N–H and O–H groups in total. The smallest absolute Gasteiger partial charge is 0.250 e. The summed E-state index contributed by atoms with van der Waals surface area (Å²) in [5, 5.41) is 4.43. The van der Waals surface area contributed by atoms with Crippen molar-refractivity contribution in [1.82, 2.24) is 14.3 Å². The molecule has 1 aromatic carbocycles. The van der Waals surface area contributed by atoms with Gasteiger partial charge in [0.05, 0.1) is 11.9 Å². The average molecular weight is 340 g/mol. The van der Waals surface area contributed by atoms with Crippen LogP contribution < -0.4 is 10.3 Å². The summed E-state index contributed by atoms with van der Waals surface area (Å²) in [5.41, 5.74) is 4.12. The molecule has 0 aliphatic heterocycles. The van der Waals surface area contributed by atoms with E-state index < -0.39 is 0 Å². The van der Waals surface area contributed by atoms with Gasteiger partial charge in [-0.05, 0) is 30.2 Å². The molecule has 0 unspecified atom stereocenters. The van der Waals surface area contributed by atoms with E-state index in [9.17, 15) is 4.79 Å². The Morgan fingerprint density at radius 1 is 1.08 bits per heavy atom. The standard InChI is InChI=1S/C18H20N4OS/c1-3-10-21-13-17(8-9-18(21)23)22-12-15(11-19-22)14-4-6-16(7-5-14)20-24-2/h4-9,11-13,20H,3,10H2,1-2H3. The molecule has 0 saturated carbocycles. The van der Waals surface area contributed by atoms with Gasteiger partial charge in [0.25, 0.3) is 5.56 Å². The largest absolute Gasteiger partial charge is 0.330 e. The first-order chi connectivity index (χ1) is 11.7. The second-order valence-electron chi connectivity index (χ2n) is 5.48. The molecule has 2 heterocycles. The molecule has 0 bridgehead atoms. The van der Waals surface area contributed by atoms with Crippen LogP contribution in [0.15, 0.2) is 59.8 Å². The van der Waals surface area contributed by atoms with Crippen molar-refractivity contribution in [3.8, 4) is 16.8 Å². The normalized spacial score (nSPS) is 10.8. The summed E-state index contributed by atoms with van der Waals surface area (Å²) < 4.78 is 6.73. The topological polar surface area (TPSA) is 51.9 Å².